The molecule has 0 radical (unpaired) electrons. The number of thiophene rings is 1. The average molecular weight is 617 g/mol. The molecule has 3 heterocycles. The lowest BCUT2D eigenvalue weighted by molar-refractivity contribution is 0.615. The first-order chi connectivity index (χ1) is 23.3. The lowest BCUT2D eigenvalue weighted by Gasteiger charge is -2.20. The van der Waals surface area contributed by atoms with Crippen molar-refractivity contribution in [1.29, 1.82) is 0 Å². The van der Waals surface area contributed by atoms with Gasteiger partial charge in [0.2, 0.25) is 0 Å². The van der Waals surface area contributed by atoms with Crippen molar-refractivity contribution in [2.75, 3.05) is 0 Å². The summed E-state index contributed by atoms with van der Waals surface area (Å²) >= 11 is 1.88. The van der Waals surface area contributed by atoms with Gasteiger partial charge in [-0.25, -0.2) is 0 Å². The first kappa shape index (κ1) is 25.3. The van der Waals surface area contributed by atoms with Gasteiger partial charge < -0.3 is 8.83 Å². The zero-order valence-electron chi connectivity index (χ0n) is 25.1. The second kappa shape index (κ2) is 9.32. The first-order valence-corrected chi connectivity index (χ1v) is 16.7. The minimum absolute atomic E-state index is 0.869. The van der Waals surface area contributed by atoms with Gasteiger partial charge in [0.1, 0.15) is 16.7 Å². The molecular weight excluding hydrogens is 593 g/mol. The summed E-state index contributed by atoms with van der Waals surface area (Å²) < 4.78 is 15.1. The Labute approximate surface area is 272 Å². The SMILES string of the molecule is c1ccc2c(-c3c4ccccc4c(-c4cccc5c4oc4ccc6occc6c45)c4ccccc34)c3c(cc2c1)sc1ccccc13. The molecular formula is C44H24O2S. The fourth-order valence-electron chi connectivity index (χ4n) is 8.04. The summed E-state index contributed by atoms with van der Waals surface area (Å²) in [5.41, 5.74) is 7.51. The molecule has 2 nitrogen and oxygen atoms in total. The lowest BCUT2D eigenvalue weighted by Crippen LogP contribution is -1.92. The number of rotatable bonds is 2. The lowest BCUT2D eigenvalue weighted by atomic mass is 9.83. The van der Waals surface area contributed by atoms with E-state index in [9.17, 15) is 0 Å². The van der Waals surface area contributed by atoms with Gasteiger partial charge in [0.15, 0.2) is 0 Å². The first-order valence-electron chi connectivity index (χ1n) is 15.9. The number of hydrogen-bond acceptors (Lipinski definition) is 3. The van der Waals surface area contributed by atoms with Gasteiger partial charge in [-0.15, -0.1) is 11.3 Å². The second-order valence-corrected chi connectivity index (χ2v) is 13.4. The molecule has 3 aromatic heterocycles. The molecule has 0 aliphatic rings. The van der Waals surface area contributed by atoms with Crippen molar-refractivity contribution in [3.63, 3.8) is 0 Å². The maximum absolute atomic E-state index is 6.74. The summed E-state index contributed by atoms with van der Waals surface area (Å²) in [5, 5.41) is 13.3. The molecule has 11 aromatic rings. The molecule has 47 heavy (non-hydrogen) atoms. The summed E-state index contributed by atoms with van der Waals surface area (Å²) in [5.74, 6) is 0. The van der Waals surface area contributed by atoms with Gasteiger partial charge in [0, 0.05) is 53.0 Å². The van der Waals surface area contributed by atoms with Crippen molar-refractivity contribution in [1.82, 2.24) is 0 Å². The summed E-state index contributed by atoms with van der Waals surface area (Å²) in [6.07, 6.45) is 1.76. The molecule has 0 spiro atoms. The van der Waals surface area contributed by atoms with Crippen molar-refractivity contribution >= 4 is 96.7 Å². The van der Waals surface area contributed by atoms with Crippen molar-refractivity contribution in [3.05, 3.63) is 146 Å². The molecule has 0 aliphatic heterocycles. The van der Waals surface area contributed by atoms with Crippen LogP contribution in [0.1, 0.15) is 0 Å². The van der Waals surface area contributed by atoms with E-state index in [4.69, 9.17) is 8.83 Å². The van der Waals surface area contributed by atoms with Gasteiger partial charge in [-0.05, 0) is 68.2 Å². The molecule has 0 aliphatic carbocycles. The number of fused-ring (bicyclic) bond motifs is 11. The summed E-state index contributed by atoms with van der Waals surface area (Å²) in [4.78, 5) is 0. The van der Waals surface area contributed by atoms with Gasteiger partial charge in [-0.1, -0.05) is 109 Å². The van der Waals surface area contributed by atoms with Crippen LogP contribution in [0.3, 0.4) is 0 Å². The van der Waals surface area contributed by atoms with Crippen LogP contribution in [0.5, 0.6) is 0 Å². The van der Waals surface area contributed by atoms with E-state index in [-0.39, 0.29) is 0 Å². The molecule has 0 saturated carbocycles. The highest BCUT2D eigenvalue weighted by atomic mass is 32.1. The predicted octanol–water partition coefficient (Wildman–Crippen LogP) is 13.5. The van der Waals surface area contributed by atoms with Crippen LogP contribution in [0.25, 0.3) is 108 Å². The molecule has 0 amide bonds. The minimum atomic E-state index is 0.869. The van der Waals surface area contributed by atoms with Crippen LogP contribution in [0.2, 0.25) is 0 Å². The quantitative estimate of drug-likeness (QED) is 0.181. The van der Waals surface area contributed by atoms with Crippen LogP contribution >= 0.6 is 11.3 Å². The van der Waals surface area contributed by atoms with Crippen molar-refractivity contribution in [2.45, 2.75) is 0 Å². The van der Waals surface area contributed by atoms with Gasteiger partial charge in [-0.3, -0.25) is 0 Å². The van der Waals surface area contributed by atoms with Gasteiger partial charge in [0.25, 0.3) is 0 Å². The fraction of sp³-hybridized carbons (Fsp3) is 0. The Morgan fingerprint density at radius 2 is 1.04 bits per heavy atom. The molecule has 0 fully saturated rings. The van der Waals surface area contributed by atoms with Crippen molar-refractivity contribution < 1.29 is 8.83 Å². The number of benzene rings is 8. The van der Waals surface area contributed by atoms with Gasteiger partial charge in [-0.2, -0.15) is 0 Å². The van der Waals surface area contributed by atoms with E-state index < -0.39 is 0 Å². The van der Waals surface area contributed by atoms with E-state index >= 15 is 0 Å². The third-order valence-corrected chi connectivity index (χ3v) is 11.1. The molecule has 0 atom stereocenters. The number of furan rings is 2. The molecule has 8 aromatic carbocycles. The molecule has 0 unspecified atom stereocenters. The van der Waals surface area contributed by atoms with Crippen LogP contribution < -0.4 is 0 Å². The van der Waals surface area contributed by atoms with E-state index in [1.54, 1.807) is 6.26 Å². The van der Waals surface area contributed by atoms with E-state index in [0.717, 1.165) is 38.5 Å². The van der Waals surface area contributed by atoms with E-state index in [1.807, 2.05) is 29.5 Å². The second-order valence-electron chi connectivity index (χ2n) is 12.3. The topological polar surface area (TPSA) is 26.3 Å². The predicted molar refractivity (Wildman–Crippen MR) is 200 cm³/mol. The van der Waals surface area contributed by atoms with Crippen LogP contribution in [-0.4, -0.2) is 0 Å². The molecule has 3 heteroatoms. The fourth-order valence-corrected chi connectivity index (χ4v) is 9.20. The average Bonchev–Trinajstić information content (AvgIpc) is 3.85. The molecule has 0 N–H and O–H groups in total. The number of hydrogen-bond donors (Lipinski definition) is 0. The van der Waals surface area contributed by atoms with Crippen molar-refractivity contribution in [2.24, 2.45) is 0 Å². The normalized spacial score (nSPS) is 12.3. The Kier molecular flexibility index (Phi) is 5.02. The Morgan fingerprint density at radius 3 is 1.83 bits per heavy atom. The van der Waals surface area contributed by atoms with Crippen molar-refractivity contribution in [3.8, 4) is 22.3 Å². The Bertz CT molecular complexity index is 3020. The minimum Gasteiger partial charge on any atom is -0.464 e. The van der Waals surface area contributed by atoms with Crippen LogP contribution in [-0.2, 0) is 0 Å². The largest absolute Gasteiger partial charge is 0.464 e. The standard InChI is InChI=1S/C44H24O2S/c1-2-11-26-25(10-1)24-38-42(32-16-7-8-19-37(32)47-38)43(26)41-29-14-5-3-12-27(29)39(28-13-4-6-15-30(28)41)33-17-9-18-34-40-31-22-23-45-35(31)20-21-36(40)46-44(33)34/h1-24H. The van der Waals surface area contributed by atoms with E-state index in [2.05, 4.69) is 121 Å². The molecule has 0 saturated heterocycles. The van der Waals surface area contributed by atoms with Gasteiger partial charge in [0.05, 0.1) is 6.26 Å². The smallest absolute Gasteiger partial charge is 0.143 e. The van der Waals surface area contributed by atoms with Crippen LogP contribution in [0.15, 0.2) is 155 Å². The number of para-hydroxylation sites is 1. The monoisotopic (exact) mass is 616 g/mol. The maximum atomic E-state index is 6.74. The summed E-state index contributed by atoms with van der Waals surface area (Å²) in [6, 6.07) is 50.5. The molecule has 11 rings (SSSR count). The third-order valence-electron chi connectivity index (χ3n) is 9.93. The van der Waals surface area contributed by atoms with Gasteiger partial charge >= 0.3 is 0 Å². The summed E-state index contributed by atoms with van der Waals surface area (Å²) in [7, 11) is 0. The zero-order valence-corrected chi connectivity index (χ0v) is 25.9. The molecule has 218 valence electrons. The Morgan fingerprint density at radius 1 is 0.404 bits per heavy atom. The third kappa shape index (κ3) is 3.39. The molecule has 0 bridgehead atoms. The van der Waals surface area contributed by atoms with E-state index in [0.29, 0.717) is 0 Å². The summed E-state index contributed by atoms with van der Waals surface area (Å²) in [6.45, 7) is 0. The van der Waals surface area contributed by atoms with Crippen LogP contribution in [0, 0.1) is 0 Å². The Hall–Kier alpha value is -5.90. The highest BCUT2D eigenvalue weighted by Gasteiger charge is 2.24. The maximum Gasteiger partial charge on any atom is 0.143 e. The zero-order chi connectivity index (χ0) is 30.6. The van der Waals surface area contributed by atoms with Crippen LogP contribution in [0.4, 0.5) is 0 Å². The van der Waals surface area contributed by atoms with E-state index in [1.165, 1.54) is 69.2 Å². The highest BCUT2D eigenvalue weighted by molar-refractivity contribution is 7.26. The Balaban J connectivity index is 1.34. The highest BCUT2D eigenvalue weighted by Crippen LogP contribution is 2.51.